The predicted molar refractivity (Wildman–Crippen MR) is 94.0 cm³/mol. The number of hydrogen-bond acceptors (Lipinski definition) is 2. The summed E-state index contributed by atoms with van der Waals surface area (Å²) in [5.74, 6) is -0.257. The Hall–Kier alpha value is -1.40. The average Bonchev–Trinajstić information content (AvgIpc) is 2.54. The first-order valence-electron chi connectivity index (χ1n) is 7.92. The van der Waals surface area contributed by atoms with Crippen molar-refractivity contribution >= 4 is 5.97 Å². The Morgan fingerprint density at radius 2 is 1.50 bits per heavy atom. The van der Waals surface area contributed by atoms with Gasteiger partial charge in [-0.3, -0.25) is 4.79 Å². The Bertz CT molecular complexity index is 633. The van der Waals surface area contributed by atoms with Crippen LogP contribution < -0.4 is 24.0 Å². The van der Waals surface area contributed by atoms with E-state index in [2.05, 4.69) is 57.5 Å². The van der Waals surface area contributed by atoms with E-state index in [4.69, 9.17) is 4.74 Å². The summed E-state index contributed by atoms with van der Waals surface area (Å²) in [6, 6.07) is 18.7. The minimum Gasteiger partial charge on any atom is -1.00 e. The van der Waals surface area contributed by atoms with Crippen LogP contribution in [0.5, 0.6) is 0 Å². The lowest BCUT2D eigenvalue weighted by Crippen LogP contribution is -3.00. The number of ether oxygens (including phenoxy) is 1. The summed E-state index contributed by atoms with van der Waals surface area (Å²) >= 11 is 0. The quantitative estimate of drug-likeness (QED) is 0.370. The Morgan fingerprint density at radius 1 is 0.958 bits per heavy atom. The summed E-state index contributed by atoms with van der Waals surface area (Å²) < 4.78 is 5.71. The maximum Gasteiger partial charge on any atom is 0.314 e. The van der Waals surface area contributed by atoms with E-state index in [0.29, 0.717) is 6.42 Å². The van der Waals surface area contributed by atoms with Crippen LogP contribution in [0.3, 0.4) is 0 Å². The molecule has 3 nitrogen and oxygen atoms in total. The zero-order valence-corrected chi connectivity index (χ0v) is 17.0. The number of esters is 1. The molecule has 0 amide bonds. The standard InChI is InChI=1S/C20H26NO2.HI/c1-21(2,3)15-19(20(22)23-4)14-16-10-12-18(13-11-16)17-8-6-5-7-9-17;/h5-13,19H,14-15H2,1-4H3;1H/q+1;/p-1. The molecule has 1 atom stereocenters. The van der Waals surface area contributed by atoms with Crippen molar-refractivity contribution in [3.8, 4) is 11.1 Å². The number of quaternary nitrogens is 1. The number of benzene rings is 2. The van der Waals surface area contributed by atoms with E-state index in [0.717, 1.165) is 16.6 Å². The zero-order chi connectivity index (χ0) is 16.9. The molecule has 2 rings (SSSR count). The molecule has 1 unspecified atom stereocenters. The van der Waals surface area contributed by atoms with Gasteiger partial charge in [-0.2, -0.15) is 0 Å². The molecule has 130 valence electrons. The predicted octanol–water partition coefficient (Wildman–Crippen LogP) is 0.396. The van der Waals surface area contributed by atoms with E-state index in [1.807, 2.05) is 18.2 Å². The SMILES string of the molecule is COC(=O)C(Cc1ccc(-c2ccccc2)cc1)C[N+](C)(C)C.[I-]. The van der Waals surface area contributed by atoms with Crippen LogP contribution in [-0.2, 0) is 16.0 Å². The van der Waals surface area contributed by atoms with Gasteiger partial charge in [-0.1, -0.05) is 54.6 Å². The number of carbonyl (C=O) groups is 1. The topological polar surface area (TPSA) is 26.3 Å². The van der Waals surface area contributed by atoms with Gasteiger partial charge < -0.3 is 33.2 Å². The van der Waals surface area contributed by atoms with E-state index in [-0.39, 0.29) is 35.9 Å². The van der Waals surface area contributed by atoms with Crippen molar-refractivity contribution in [1.82, 2.24) is 0 Å². The fourth-order valence-electron chi connectivity index (χ4n) is 2.80. The molecule has 0 aromatic heterocycles. The average molecular weight is 439 g/mol. The van der Waals surface area contributed by atoms with Crippen molar-refractivity contribution in [3.63, 3.8) is 0 Å². The summed E-state index contributed by atoms with van der Waals surface area (Å²) in [5.41, 5.74) is 3.55. The number of carbonyl (C=O) groups excluding carboxylic acids is 1. The van der Waals surface area contributed by atoms with Crippen LogP contribution >= 0.6 is 0 Å². The minimum atomic E-state index is -0.134. The second kappa shape index (κ2) is 9.18. The summed E-state index contributed by atoms with van der Waals surface area (Å²) in [6.07, 6.45) is 0.706. The molecule has 0 saturated carbocycles. The van der Waals surface area contributed by atoms with Crippen molar-refractivity contribution < 1.29 is 38.0 Å². The molecule has 0 aliphatic rings. The molecule has 0 saturated heterocycles. The fraction of sp³-hybridized carbons (Fsp3) is 0.350. The maximum absolute atomic E-state index is 12.1. The Kier molecular flexibility index (Phi) is 7.90. The molecular formula is C20H26INO2. The number of rotatable bonds is 6. The molecule has 2 aromatic carbocycles. The van der Waals surface area contributed by atoms with Crippen LogP contribution in [0.4, 0.5) is 0 Å². The maximum atomic E-state index is 12.1. The molecule has 0 spiro atoms. The van der Waals surface area contributed by atoms with Gasteiger partial charge in [0.15, 0.2) is 0 Å². The number of hydrogen-bond donors (Lipinski definition) is 0. The largest absolute Gasteiger partial charge is 1.00 e. The van der Waals surface area contributed by atoms with Crippen LogP contribution in [0.25, 0.3) is 11.1 Å². The van der Waals surface area contributed by atoms with Crippen molar-refractivity contribution in [2.24, 2.45) is 5.92 Å². The molecule has 0 radical (unpaired) electrons. The van der Waals surface area contributed by atoms with Crippen LogP contribution in [0.15, 0.2) is 54.6 Å². The highest BCUT2D eigenvalue weighted by molar-refractivity contribution is 5.73. The molecule has 0 aliphatic carbocycles. The van der Waals surface area contributed by atoms with Gasteiger partial charge in [0.25, 0.3) is 0 Å². The van der Waals surface area contributed by atoms with E-state index in [1.54, 1.807) is 0 Å². The third-order valence-electron chi connectivity index (χ3n) is 3.85. The second-order valence-corrected chi connectivity index (χ2v) is 6.96. The summed E-state index contributed by atoms with van der Waals surface area (Å²) in [4.78, 5) is 12.1. The summed E-state index contributed by atoms with van der Waals surface area (Å²) in [5, 5.41) is 0. The van der Waals surface area contributed by atoms with Gasteiger partial charge in [0.1, 0.15) is 5.92 Å². The van der Waals surface area contributed by atoms with E-state index in [9.17, 15) is 4.79 Å². The van der Waals surface area contributed by atoms with E-state index in [1.165, 1.54) is 18.2 Å². The van der Waals surface area contributed by atoms with Gasteiger partial charge in [0, 0.05) is 0 Å². The van der Waals surface area contributed by atoms with Crippen molar-refractivity contribution in [3.05, 3.63) is 60.2 Å². The summed E-state index contributed by atoms with van der Waals surface area (Å²) in [7, 11) is 7.74. The highest BCUT2D eigenvalue weighted by atomic mass is 127. The molecular weight excluding hydrogens is 413 g/mol. The highest BCUT2D eigenvalue weighted by Crippen LogP contribution is 2.21. The number of nitrogens with zero attached hydrogens (tertiary/aromatic N) is 1. The molecule has 0 fully saturated rings. The third kappa shape index (κ3) is 6.24. The summed E-state index contributed by atoms with van der Waals surface area (Å²) in [6.45, 7) is 0.757. The van der Waals surface area contributed by atoms with Gasteiger partial charge in [-0.05, 0) is 23.1 Å². The van der Waals surface area contributed by atoms with Gasteiger partial charge >= 0.3 is 5.97 Å². The van der Waals surface area contributed by atoms with Gasteiger partial charge in [-0.25, -0.2) is 0 Å². The lowest BCUT2D eigenvalue weighted by molar-refractivity contribution is -0.872. The first-order chi connectivity index (χ1) is 10.9. The first-order valence-corrected chi connectivity index (χ1v) is 7.92. The van der Waals surface area contributed by atoms with Gasteiger partial charge in [0.2, 0.25) is 0 Å². The van der Waals surface area contributed by atoms with Crippen LogP contribution in [0.1, 0.15) is 5.56 Å². The van der Waals surface area contributed by atoms with E-state index < -0.39 is 0 Å². The second-order valence-electron chi connectivity index (χ2n) is 6.96. The molecule has 0 N–H and O–H groups in total. The van der Waals surface area contributed by atoms with Gasteiger partial charge in [-0.15, -0.1) is 0 Å². The fourth-order valence-corrected chi connectivity index (χ4v) is 2.80. The lowest BCUT2D eigenvalue weighted by atomic mass is 9.96. The van der Waals surface area contributed by atoms with Crippen molar-refractivity contribution in [1.29, 1.82) is 0 Å². The Morgan fingerprint density at radius 3 is 2.00 bits per heavy atom. The molecule has 0 aliphatic heterocycles. The van der Waals surface area contributed by atoms with Crippen LogP contribution in [-0.4, -0.2) is 45.2 Å². The van der Waals surface area contributed by atoms with Crippen LogP contribution in [0, 0.1) is 5.92 Å². The monoisotopic (exact) mass is 439 g/mol. The van der Waals surface area contributed by atoms with Gasteiger partial charge in [0.05, 0.1) is 34.8 Å². The van der Waals surface area contributed by atoms with Crippen molar-refractivity contribution in [2.75, 3.05) is 34.8 Å². The minimum absolute atomic E-state index is 0. The normalized spacial score (nSPS) is 12.2. The first kappa shape index (κ1) is 20.6. The number of halogens is 1. The van der Waals surface area contributed by atoms with E-state index >= 15 is 0 Å². The highest BCUT2D eigenvalue weighted by Gasteiger charge is 2.26. The Labute approximate surface area is 162 Å². The molecule has 0 bridgehead atoms. The smallest absolute Gasteiger partial charge is 0.314 e. The van der Waals surface area contributed by atoms with Crippen LogP contribution in [0.2, 0.25) is 0 Å². The molecule has 0 heterocycles. The number of methoxy groups -OCH3 is 1. The molecule has 4 heteroatoms. The lowest BCUT2D eigenvalue weighted by Gasteiger charge is -2.28. The van der Waals surface area contributed by atoms with Crippen molar-refractivity contribution in [2.45, 2.75) is 6.42 Å². The third-order valence-corrected chi connectivity index (χ3v) is 3.85. The molecule has 2 aromatic rings. The molecule has 24 heavy (non-hydrogen) atoms. The Balaban J connectivity index is 0.00000288. The zero-order valence-electron chi connectivity index (χ0n) is 14.8.